The van der Waals surface area contributed by atoms with Crippen LogP contribution in [0, 0.1) is 5.82 Å². The second-order valence-electron chi connectivity index (χ2n) is 4.14. The lowest BCUT2D eigenvalue weighted by molar-refractivity contribution is -0.137. The van der Waals surface area contributed by atoms with Crippen molar-refractivity contribution in [1.29, 1.82) is 0 Å². The second kappa shape index (κ2) is 6.19. The first kappa shape index (κ1) is 16.0. The number of aromatic nitrogens is 1. The normalized spacial score (nSPS) is 11.5. The lowest BCUT2D eigenvalue weighted by Gasteiger charge is -2.11. The zero-order valence-electron chi connectivity index (χ0n) is 10.3. The Balaban J connectivity index is 2.15. The highest BCUT2D eigenvalue weighted by Crippen LogP contribution is 2.32. The molecule has 21 heavy (non-hydrogen) atoms. The van der Waals surface area contributed by atoms with Crippen LogP contribution >= 0.6 is 27.5 Å². The first-order valence-corrected chi connectivity index (χ1v) is 6.85. The van der Waals surface area contributed by atoms with E-state index in [1.54, 1.807) is 12.1 Å². The van der Waals surface area contributed by atoms with Gasteiger partial charge in [-0.15, -0.1) is 0 Å². The van der Waals surface area contributed by atoms with Crippen molar-refractivity contribution in [3.05, 3.63) is 56.9 Å². The largest absolute Gasteiger partial charge is 0.417 e. The van der Waals surface area contributed by atoms with Crippen molar-refractivity contribution in [2.75, 3.05) is 5.32 Å². The summed E-state index contributed by atoms with van der Waals surface area (Å²) in [7, 11) is 0. The van der Waals surface area contributed by atoms with E-state index in [0.717, 1.165) is 6.07 Å². The van der Waals surface area contributed by atoms with Crippen molar-refractivity contribution < 1.29 is 17.6 Å². The van der Waals surface area contributed by atoms with E-state index in [4.69, 9.17) is 11.6 Å². The van der Waals surface area contributed by atoms with Gasteiger partial charge in [-0.2, -0.15) is 13.2 Å². The van der Waals surface area contributed by atoms with E-state index in [1.165, 1.54) is 6.07 Å². The summed E-state index contributed by atoms with van der Waals surface area (Å²) < 4.78 is 51.6. The number of pyridine rings is 1. The molecule has 8 heteroatoms. The zero-order chi connectivity index (χ0) is 15.6. The summed E-state index contributed by atoms with van der Waals surface area (Å²) in [6.07, 6.45) is -3.84. The SMILES string of the molecule is Fc1ccc(Br)cc1CNc1ncc(C(F)(F)F)cc1Cl. The molecule has 0 saturated carbocycles. The number of hydrogen-bond acceptors (Lipinski definition) is 2. The zero-order valence-corrected chi connectivity index (χ0v) is 12.7. The molecule has 0 amide bonds. The molecule has 1 aromatic heterocycles. The lowest BCUT2D eigenvalue weighted by atomic mass is 10.2. The van der Waals surface area contributed by atoms with Crippen LogP contribution in [0.3, 0.4) is 0 Å². The van der Waals surface area contributed by atoms with E-state index in [-0.39, 0.29) is 17.4 Å². The van der Waals surface area contributed by atoms with E-state index in [9.17, 15) is 17.6 Å². The molecule has 1 aromatic carbocycles. The Morgan fingerprint density at radius 2 is 1.95 bits per heavy atom. The van der Waals surface area contributed by atoms with Crippen molar-refractivity contribution in [3.8, 4) is 0 Å². The van der Waals surface area contributed by atoms with Gasteiger partial charge in [-0.05, 0) is 24.3 Å². The number of rotatable bonds is 3. The fourth-order valence-corrected chi connectivity index (χ4v) is 2.22. The molecule has 0 unspecified atom stereocenters. The van der Waals surface area contributed by atoms with E-state index in [1.807, 2.05) is 0 Å². The van der Waals surface area contributed by atoms with E-state index < -0.39 is 17.6 Å². The number of halogens is 6. The van der Waals surface area contributed by atoms with E-state index >= 15 is 0 Å². The molecular weight excluding hydrogens is 376 g/mol. The summed E-state index contributed by atoms with van der Waals surface area (Å²) in [5.74, 6) is -0.377. The molecular formula is C13H8BrClF4N2. The lowest BCUT2D eigenvalue weighted by Crippen LogP contribution is -2.08. The number of nitrogens with one attached hydrogen (secondary N) is 1. The average molecular weight is 384 g/mol. The van der Waals surface area contributed by atoms with Gasteiger partial charge < -0.3 is 5.32 Å². The van der Waals surface area contributed by atoms with Gasteiger partial charge in [-0.25, -0.2) is 9.37 Å². The number of anilines is 1. The predicted octanol–water partition coefficient (Wildman–Crippen LogP) is 5.27. The molecule has 0 atom stereocenters. The summed E-state index contributed by atoms with van der Waals surface area (Å²) in [6, 6.07) is 5.15. The predicted molar refractivity (Wildman–Crippen MR) is 75.7 cm³/mol. The monoisotopic (exact) mass is 382 g/mol. The Morgan fingerprint density at radius 1 is 1.24 bits per heavy atom. The standard InChI is InChI=1S/C13H8BrClF4N2/c14-9-1-2-11(16)7(3-9)5-20-12-10(15)4-8(6-21-12)13(17,18)19/h1-4,6H,5H2,(H,20,21). The molecule has 0 radical (unpaired) electrons. The van der Waals surface area contributed by atoms with Gasteiger partial charge in [0.15, 0.2) is 0 Å². The highest BCUT2D eigenvalue weighted by atomic mass is 79.9. The third-order valence-electron chi connectivity index (χ3n) is 2.62. The number of alkyl halides is 3. The highest BCUT2D eigenvalue weighted by molar-refractivity contribution is 9.10. The topological polar surface area (TPSA) is 24.9 Å². The van der Waals surface area contributed by atoms with Gasteiger partial charge in [0.2, 0.25) is 0 Å². The van der Waals surface area contributed by atoms with Crippen molar-refractivity contribution in [2.45, 2.75) is 12.7 Å². The third kappa shape index (κ3) is 4.07. The summed E-state index contributed by atoms with van der Waals surface area (Å²) in [6.45, 7) is 0.0450. The summed E-state index contributed by atoms with van der Waals surface area (Å²) in [5.41, 5.74) is -0.603. The van der Waals surface area contributed by atoms with Gasteiger partial charge >= 0.3 is 6.18 Å². The maximum Gasteiger partial charge on any atom is 0.417 e. The smallest absolute Gasteiger partial charge is 0.365 e. The van der Waals surface area contributed by atoms with Crippen molar-refractivity contribution in [2.24, 2.45) is 0 Å². The molecule has 112 valence electrons. The molecule has 0 aliphatic heterocycles. The van der Waals surface area contributed by atoms with Gasteiger partial charge in [-0.1, -0.05) is 27.5 Å². The number of benzene rings is 1. The molecule has 0 aliphatic rings. The van der Waals surface area contributed by atoms with Crippen molar-refractivity contribution in [3.63, 3.8) is 0 Å². The minimum absolute atomic E-state index is 0.0450. The summed E-state index contributed by atoms with van der Waals surface area (Å²) >= 11 is 8.95. The van der Waals surface area contributed by atoms with Crippen LogP contribution in [0.4, 0.5) is 23.4 Å². The molecule has 2 rings (SSSR count). The van der Waals surface area contributed by atoms with Crippen LogP contribution in [-0.4, -0.2) is 4.98 Å². The fraction of sp³-hybridized carbons (Fsp3) is 0.154. The quantitative estimate of drug-likeness (QED) is 0.731. The van der Waals surface area contributed by atoms with Crippen molar-refractivity contribution >= 4 is 33.3 Å². The molecule has 2 nitrogen and oxygen atoms in total. The van der Waals surface area contributed by atoms with Gasteiger partial charge in [0.1, 0.15) is 11.6 Å². The van der Waals surface area contributed by atoms with Crippen LogP contribution in [0.1, 0.15) is 11.1 Å². The van der Waals surface area contributed by atoms with Crippen LogP contribution < -0.4 is 5.32 Å². The summed E-state index contributed by atoms with van der Waals surface area (Å²) in [5, 5.41) is 2.52. The molecule has 0 spiro atoms. The van der Waals surface area contributed by atoms with Crippen LogP contribution in [0.2, 0.25) is 5.02 Å². The maximum atomic E-state index is 13.5. The van der Waals surface area contributed by atoms with Gasteiger partial charge in [0.25, 0.3) is 0 Å². The Hall–Kier alpha value is -1.34. The molecule has 0 bridgehead atoms. The minimum Gasteiger partial charge on any atom is -0.365 e. The molecule has 1 heterocycles. The molecule has 2 aromatic rings. The first-order chi connectivity index (χ1) is 9.77. The minimum atomic E-state index is -4.51. The second-order valence-corrected chi connectivity index (χ2v) is 5.46. The van der Waals surface area contributed by atoms with Crippen LogP contribution in [-0.2, 0) is 12.7 Å². The molecule has 0 saturated heterocycles. The average Bonchev–Trinajstić information content (AvgIpc) is 2.40. The Kier molecular flexibility index (Phi) is 4.73. The Morgan fingerprint density at radius 3 is 2.57 bits per heavy atom. The van der Waals surface area contributed by atoms with Crippen LogP contribution in [0.15, 0.2) is 34.9 Å². The van der Waals surface area contributed by atoms with E-state index in [0.29, 0.717) is 16.2 Å². The maximum absolute atomic E-state index is 13.5. The number of hydrogen-bond donors (Lipinski definition) is 1. The van der Waals surface area contributed by atoms with Crippen LogP contribution in [0.5, 0.6) is 0 Å². The van der Waals surface area contributed by atoms with Gasteiger partial charge in [0.05, 0.1) is 10.6 Å². The van der Waals surface area contributed by atoms with Crippen molar-refractivity contribution in [1.82, 2.24) is 4.98 Å². The first-order valence-electron chi connectivity index (χ1n) is 5.68. The molecule has 0 fully saturated rings. The Bertz CT molecular complexity index is 661. The fourth-order valence-electron chi connectivity index (χ4n) is 1.58. The molecule has 1 N–H and O–H groups in total. The highest BCUT2D eigenvalue weighted by Gasteiger charge is 2.31. The molecule has 0 aliphatic carbocycles. The van der Waals surface area contributed by atoms with E-state index in [2.05, 4.69) is 26.2 Å². The van der Waals surface area contributed by atoms with Gasteiger partial charge in [-0.3, -0.25) is 0 Å². The summed E-state index contributed by atoms with van der Waals surface area (Å²) in [4.78, 5) is 3.61. The van der Waals surface area contributed by atoms with Gasteiger partial charge in [0, 0.05) is 22.8 Å². The van der Waals surface area contributed by atoms with Crippen LogP contribution in [0.25, 0.3) is 0 Å². The number of nitrogens with zero attached hydrogens (tertiary/aromatic N) is 1. The Labute approximate surface area is 131 Å². The third-order valence-corrected chi connectivity index (χ3v) is 3.40.